The van der Waals surface area contributed by atoms with Gasteiger partial charge in [-0.15, -0.1) is 0 Å². The summed E-state index contributed by atoms with van der Waals surface area (Å²) >= 11 is 0. The molecule has 1 aliphatic heterocycles. The molecular weight excluding hydrogens is 260 g/mol. The molecule has 0 bridgehead atoms. The molecule has 1 aromatic heterocycles. The molecule has 1 atom stereocenters. The Morgan fingerprint density at radius 3 is 2.90 bits per heavy atom. The van der Waals surface area contributed by atoms with E-state index in [1.54, 1.807) is 25.3 Å². The molecule has 0 aromatic carbocycles. The Labute approximate surface area is 116 Å². The van der Waals surface area contributed by atoms with Crippen molar-refractivity contribution in [3.8, 4) is 0 Å². The Morgan fingerprint density at radius 2 is 2.20 bits per heavy atom. The maximum Gasteiger partial charge on any atom is 0.308 e. The summed E-state index contributed by atoms with van der Waals surface area (Å²) in [5.41, 5.74) is 0.398. The third-order valence-electron chi connectivity index (χ3n) is 3.64. The van der Waals surface area contributed by atoms with E-state index in [1.165, 1.54) is 9.47 Å². The fraction of sp³-hybridized carbons (Fsp3) is 0.500. The minimum Gasteiger partial charge on any atom is -0.481 e. The van der Waals surface area contributed by atoms with Gasteiger partial charge in [-0.25, -0.2) is 0 Å². The van der Waals surface area contributed by atoms with Crippen LogP contribution in [0, 0.1) is 12.8 Å². The van der Waals surface area contributed by atoms with Crippen LogP contribution in [-0.4, -0.2) is 39.5 Å². The van der Waals surface area contributed by atoms with Gasteiger partial charge in [-0.2, -0.15) is 0 Å². The van der Waals surface area contributed by atoms with Crippen LogP contribution in [0.5, 0.6) is 0 Å². The molecule has 1 saturated heterocycles. The highest BCUT2D eigenvalue weighted by atomic mass is 16.4. The standard InChI is InChI=1S/C14H18N2O4/c1-10-4-2-7-16(13(10)18)9-12(17)15-6-3-5-11(8-15)14(19)20/h2,4,7,11H,3,5-6,8-9H2,1H3,(H,19,20). The molecular formula is C14H18N2O4. The van der Waals surface area contributed by atoms with Gasteiger partial charge in [0.2, 0.25) is 5.91 Å². The van der Waals surface area contributed by atoms with Gasteiger partial charge in [-0.1, -0.05) is 6.07 Å². The summed E-state index contributed by atoms with van der Waals surface area (Å²) < 4.78 is 1.36. The number of hydrogen-bond donors (Lipinski definition) is 1. The Bertz CT molecular complexity index is 579. The lowest BCUT2D eigenvalue weighted by Gasteiger charge is -2.30. The first-order chi connectivity index (χ1) is 9.49. The van der Waals surface area contributed by atoms with E-state index < -0.39 is 11.9 Å². The van der Waals surface area contributed by atoms with Crippen molar-refractivity contribution in [3.05, 3.63) is 34.2 Å². The molecule has 1 aliphatic rings. The molecule has 1 amide bonds. The SMILES string of the molecule is Cc1cccn(CC(=O)N2CCCC(C(=O)O)C2)c1=O. The Morgan fingerprint density at radius 1 is 1.45 bits per heavy atom. The Kier molecular flexibility index (Phi) is 4.22. The summed E-state index contributed by atoms with van der Waals surface area (Å²) in [6.07, 6.45) is 2.86. The molecule has 0 spiro atoms. The van der Waals surface area contributed by atoms with Crippen molar-refractivity contribution in [2.24, 2.45) is 5.92 Å². The second kappa shape index (κ2) is 5.90. The number of aliphatic carboxylic acids is 1. The monoisotopic (exact) mass is 278 g/mol. The van der Waals surface area contributed by atoms with E-state index in [4.69, 9.17) is 5.11 Å². The molecule has 108 valence electrons. The molecule has 1 aromatic rings. The van der Waals surface area contributed by atoms with Crippen molar-refractivity contribution in [2.45, 2.75) is 26.3 Å². The van der Waals surface area contributed by atoms with E-state index in [9.17, 15) is 14.4 Å². The maximum absolute atomic E-state index is 12.2. The molecule has 0 saturated carbocycles. The molecule has 2 rings (SSSR count). The summed E-state index contributed by atoms with van der Waals surface area (Å²) in [6.45, 7) is 2.45. The van der Waals surface area contributed by atoms with Crippen LogP contribution in [0.3, 0.4) is 0 Å². The zero-order chi connectivity index (χ0) is 14.7. The molecule has 1 unspecified atom stereocenters. The number of aryl methyl sites for hydroxylation is 1. The number of amides is 1. The lowest BCUT2D eigenvalue weighted by atomic mass is 9.98. The minimum absolute atomic E-state index is 0.0349. The van der Waals surface area contributed by atoms with Crippen LogP contribution >= 0.6 is 0 Å². The first kappa shape index (κ1) is 14.3. The first-order valence-electron chi connectivity index (χ1n) is 6.65. The van der Waals surface area contributed by atoms with Gasteiger partial charge in [0.1, 0.15) is 6.54 Å². The second-order valence-corrected chi connectivity index (χ2v) is 5.14. The number of carbonyl (C=O) groups excluding carboxylic acids is 1. The second-order valence-electron chi connectivity index (χ2n) is 5.14. The zero-order valence-corrected chi connectivity index (χ0v) is 11.4. The van der Waals surface area contributed by atoms with Crippen molar-refractivity contribution in [1.29, 1.82) is 0 Å². The third-order valence-corrected chi connectivity index (χ3v) is 3.64. The van der Waals surface area contributed by atoms with E-state index in [-0.39, 0.29) is 24.6 Å². The summed E-state index contributed by atoms with van der Waals surface area (Å²) in [7, 11) is 0. The van der Waals surface area contributed by atoms with Crippen LogP contribution in [-0.2, 0) is 16.1 Å². The van der Waals surface area contributed by atoms with E-state index >= 15 is 0 Å². The molecule has 2 heterocycles. The predicted octanol–water partition coefficient (Wildman–Crippen LogP) is 0.480. The molecule has 0 radical (unpaired) electrons. The largest absolute Gasteiger partial charge is 0.481 e. The van der Waals surface area contributed by atoms with E-state index in [0.29, 0.717) is 24.9 Å². The molecule has 0 aliphatic carbocycles. The number of aromatic nitrogens is 1. The number of piperidine rings is 1. The van der Waals surface area contributed by atoms with Gasteiger partial charge < -0.3 is 14.6 Å². The van der Waals surface area contributed by atoms with E-state index in [2.05, 4.69) is 0 Å². The fourth-order valence-electron chi connectivity index (χ4n) is 2.43. The zero-order valence-electron chi connectivity index (χ0n) is 11.4. The van der Waals surface area contributed by atoms with Crippen LogP contribution in [0.25, 0.3) is 0 Å². The number of hydrogen-bond acceptors (Lipinski definition) is 3. The van der Waals surface area contributed by atoms with Crippen LogP contribution in [0.2, 0.25) is 0 Å². The van der Waals surface area contributed by atoms with Gasteiger partial charge in [0.15, 0.2) is 0 Å². The van der Waals surface area contributed by atoms with Crippen molar-refractivity contribution in [3.63, 3.8) is 0 Å². The number of likely N-dealkylation sites (tertiary alicyclic amines) is 1. The van der Waals surface area contributed by atoms with Gasteiger partial charge in [-0.05, 0) is 25.8 Å². The highest BCUT2D eigenvalue weighted by Gasteiger charge is 2.28. The van der Waals surface area contributed by atoms with Gasteiger partial charge >= 0.3 is 5.97 Å². The quantitative estimate of drug-likeness (QED) is 0.872. The average molecular weight is 278 g/mol. The number of carbonyl (C=O) groups is 2. The topological polar surface area (TPSA) is 79.6 Å². The summed E-state index contributed by atoms with van der Waals surface area (Å²) in [5.74, 6) is -1.57. The highest BCUT2D eigenvalue weighted by Crippen LogP contribution is 2.16. The van der Waals surface area contributed by atoms with Crippen molar-refractivity contribution < 1.29 is 14.7 Å². The smallest absolute Gasteiger partial charge is 0.308 e. The van der Waals surface area contributed by atoms with Crippen molar-refractivity contribution in [1.82, 2.24) is 9.47 Å². The Hall–Kier alpha value is -2.11. The van der Waals surface area contributed by atoms with Crippen LogP contribution in [0.4, 0.5) is 0 Å². The molecule has 20 heavy (non-hydrogen) atoms. The van der Waals surface area contributed by atoms with Crippen LogP contribution in [0.15, 0.2) is 23.1 Å². The number of carboxylic acid groups (broad SMARTS) is 1. The van der Waals surface area contributed by atoms with Crippen LogP contribution in [0.1, 0.15) is 18.4 Å². The summed E-state index contributed by atoms with van der Waals surface area (Å²) in [5, 5.41) is 9.01. The molecule has 1 fully saturated rings. The van der Waals surface area contributed by atoms with Gasteiger partial charge in [0.05, 0.1) is 5.92 Å². The molecule has 1 N–H and O–H groups in total. The lowest BCUT2D eigenvalue weighted by molar-refractivity contribution is -0.145. The fourth-order valence-corrected chi connectivity index (χ4v) is 2.43. The molecule has 6 heteroatoms. The predicted molar refractivity (Wildman–Crippen MR) is 72.4 cm³/mol. The Balaban J connectivity index is 2.06. The highest BCUT2D eigenvalue weighted by molar-refractivity contribution is 5.77. The number of nitrogens with zero attached hydrogens (tertiary/aromatic N) is 2. The number of pyridine rings is 1. The van der Waals surface area contributed by atoms with Crippen molar-refractivity contribution in [2.75, 3.05) is 13.1 Å². The van der Waals surface area contributed by atoms with Crippen LogP contribution < -0.4 is 5.56 Å². The maximum atomic E-state index is 12.2. The lowest BCUT2D eigenvalue weighted by Crippen LogP contribution is -2.44. The average Bonchev–Trinajstić information content (AvgIpc) is 2.44. The van der Waals surface area contributed by atoms with Crippen molar-refractivity contribution >= 4 is 11.9 Å². The van der Waals surface area contributed by atoms with E-state index in [0.717, 1.165) is 0 Å². The van der Waals surface area contributed by atoms with Gasteiger partial charge in [0.25, 0.3) is 5.56 Å². The summed E-state index contributed by atoms with van der Waals surface area (Å²) in [4.78, 5) is 36.6. The third kappa shape index (κ3) is 3.07. The first-order valence-corrected chi connectivity index (χ1v) is 6.65. The number of carboxylic acids is 1. The van der Waals surface area contributed by atoms with E-state index in [1.807, 2.05) is 0 Å². The molecule has 6 nitrogen and oxygen atoms in total. The van der Waals surface area contributed by atoms with Gasteiger partial charge in [-0.3, -0.25) is 14.4 Å². The van der Waals surface area contributed by atoms with Gasteiger partial charge in [0, 0.05) is 24.8 Å². The number of rotatable bonds is 3. The normalized spacial score (nSPS) is 18.9. The summed E-state index contributed by atoms with van der Waals surface area (Å²) in [6, 6.07) is 3.42. The minimum atomic E-state index is -0.866.